The second kappa shape index (κ2) is 11.1. The van der Waals surface area contributed by atoms with Crippen LogP contribution >= 0.6 is 0 Å². The molecule has 196 valence electrons. The number of nitrogens with zero attached hydrogens (tertiary/aromatic N) is 4. The Morgan fingerprint density at radius 3 is 2.63 bits per heavy atom. The summed E-state index contributed by atoms with van der Waals surface area (Å²) in [7, 11) is 3.81. The Bertz CT molecular complexity index is 916. The van der Waals surface area contributed by atoms with Crippen LogP contribution in [0.1, 0.15) is 78.0 Å². The molecule has 0 saturated carbocycles. The van der Waals surface area contributed by atoms with E-state index in [4.69, 9.17) is 4.74 Å². The molecule has 1 aliphatic heterocycles. The molecule has 1 aromatic rings. The molecular formula is C27H45N5O3. The van der Waals surface area contributed by atoms with Gasteiger partial charge in [-0.25, -0.2) is 4.79 Å². The van der Waals surface area contributed by atoms with E-state index in [1.807, 2.05) is 34.0 Å². The van der Waals surface area contributed by atoms with Gasteiger partial charge in [-0.05, 0) is 71.4 Å². The zero-order valence-corrected chi connectivity index (χ0v) is 22.8. The molecule has 1 spiro atoms. The Labute approximate surface area is 211 Å². The summed E-state index contributed by atoms with van der Waals surface area (Å²) in [6.45, 7) is 13.9. The third-order valence-electron chi connectivity index (χ3n) is 7.19. The Balaban J connectivity index is 1.55. The van der Waals surface area contributed by atoms with E-state index in [2.05, 4.69) is 39.9 Å². The summed E-state index contributed by atoms with van der Waals surface area (Å²) in [5, 5.41) is 7.52. The van der Waals surface area contributed by atoms with Crippen molar-refractivity contribution < 1.29 is 14.3 Å². The topological polar surface area (TPSA) is 81.8 Å². The maximum absolute atomic E-state index is 13.2. The number of carbonyl (C=O) groups is 2. The van der Waals surface area contributed by atoms with Crippen LogP contribution in [-0.4, -0.2) is 82.8 Å². The largest absolute Gasteiger partial charge is 0.444 e. The van der Waals surface area contributed by atoms with Crippen molar-refractivity contribution in [2.75, 3.05) is 40.3 Å². The van der Waals surface area contributed by atoms with E-state index in [9.17, 15) is 9.59 Å². The first kappa shape index (κ1) is 27.2. The smallest absolute Gasteiger partial charge is 0.410 e. The van der Waals surface area contributed by atoms with Gasteiger partial charge in [0.15, 0.2) is 0 Å². The lowest BCUT2D eigenvalue weighted by molar-refractivity contribution is -0.136. The molecule has 1 unspecified atom stereocenters. The fraction of sp³-hybridized carbons (Fsp3) is 0.741. The van der Waals surface area contributed by atoms with Crippen LogP contribution in [-0.2, 0) is 16.1 Å². The number of hydrogen-bond acceptors (Lipinski definition) is 5. The summed E-state index contributed by atoms with van der Waals surface area (Å²) in [4.78, 5) is 31.3. The number of likely N-dealkylation sites (tertiary alicyclic amines) is 1. The molecule has 1 N–H and O–H groups in total. The molecule has 8 nitrogen and oxygen atoms in total. The number of nitrogens with one attached hydrogen (secondary N) is 1. The normalized spacial score (nSPS) is 20.8. The summed E-state index contributed by atoms with van der Waals surface area (Å²) in [5.74, 6) is 0.971. The second-order valence-electron chi connectivity index (χ2n) is 11.8. The molecule has 3 rings (SSSR count). The lowest BCUT2D eigenvalue weighted by atomic mass is 9.73. The minimum Gasteiger partial charge on any atom is -0.444 e. The van der Waals surface area contributed by atoms with Crippen LogP contribution in [0.3, 0.4) is 0 Å². The van der Waals surface area contributed by atoms with Crippen LogP contribution in [0.5, 0.6) is 0 Å². The molecular weight excluding hydrogens is 442 g/mol. The van der Waals surface area contributed by atoms with E-state index in [0.29, 0.717) is 18.4 Å². The Hall–Kier alpha value is -2.35. The van der Waals surface area contributed by atoms with Gasteiger partial charge in [0, 0.05) is 45.3 Å². The van der Waals surface area contributed by atoms with Gasteiger partial charge in [-0.1, -0.05) is 19.9 Å². The summed E-state index contributed by atoms with van der Waals surface area (Å²) >= 11 is 0. The fourth-order valence-corrected chi connectivity index (χ4v) is 4.90. The van der Waals surface area contributed by atoms with Crippen molar-refractivity contribution in [3.8, 4) is 0 Å². The highest BCUT2D eigenvalue weighted by atomic mass is 16.6. The number of amides is 2. The lowest BCUT2D eigenvalue weighted by Gasteiger charge is -2.31. The van der Waals surface area contributed by atoms with Gasteiger partial charge in [-0.15, -0.1) is 0 Å². The molecule has 0 radical (unpaired) electrons. The van der Waals surface area contributed by atoms with Crippen molar-refractivity contribution >= 4 is 17.6 Å². The molecule has 0 aromatic carbocycles. The van der Waals surface area contributed by atoms with Crippen LogP contribution in [0.25, 0.3) is 5.57 Å². The highest BCUT2D eigenvalue weighted by Crippen LogP contribution is 2.46. The number of allylic oxidation sites excluding steroid dienone is 2. The van der Waals surface area contributed by atoms with Crippen molar-refractivity contribution in [3.63, 3.8) is 0 Å². The van der Waals surface area contributed by atoms with E-state index in [1.54, 1.807) is 11.9 Å². The van der Waals surface area contributed by atoms with Gasteiger partial charge < -0.3 is 19.4 Å². The molecule has 1 aliphatic carbocycles. The predicted octanol–water partition coefficient (Wildman–Crippen LogP) is 4.54. The lowest BCUT2D eigenvalue weighted by Crippen LogP contribution is -2.38. The van der Waals surface area contributed by atoms with Crippen molar-refractivity contribution in [3.05, 3.63) is 23.5 Å². The minimum atomic E-state index is -0.495. The Morgan fingerprint density at radius 2 is 2.00 bits per heavy atom. The maximum atomic E-state index is 13.2. The van der Waals surface area contributed by atoms with Crippen molar-refractivity contribution in [2.45, 2.75) is 78.9 Å². The van der Waals surface area contributed by atoms with Crippen LogP contribution in [0.2, 0.25) is 0 Å². The quantitative estimate of drug-likeness (QED) is 0.553. The van der Waals surface area contributed by atoms with Gasteiger partial charge >= 0.3 is 6.09 Å². The third-order valence-corrected chi connectivity index (χ3v) is 7.19. The standard InChI is InChI=1S/C27H45N5O3/c1-20(2)10-14-32-15-13-27(24(32)33)11-8-21(9-12-27)23-22(18-28-29-23)19-30(6)16-17-31(7)25(34)35-26(3,4)5/h8,18,20H,9-17,19H2,1-7H3,(H,28,29). The molecule has 1 aromatic heterocycles. The number of hydrogen-bond donors (Lipinski definition) is 1. The summed E-state index contributed by atoms with van der Waals surface area (Å²) < 4.78 is 5.43. The average Bonchev–Trinajstić information content (AvgIpc) is 3.35. The highest BCUT2D eigenvalue weighted by Gasteiger charge is 2.46. The number of rotatable bonds is 9. The number of likely N-dealkylation sites (N-methyl/N-ethyl adjacent to an activating group) is 2. The Kier molecular flexibility index (Phi) is 8.67. The van der Waals surface area contributed by atoms with E-state index < -0.39 is 5.60 Å². The van der Waals surface area contributed by atoms with Crippen molar-refractivity contribution in [2.24, 2.45) is 11.3 Å². The molecule has 1 atom stereocenters. The van der Waals surface area contributed by atoms with E-state index >= 15 is 0 Å². The molecule has 2 aliphatic rings. The number of ether oxygens (including phenoxy) is 1. The van der Waals surface area contributed by atoms with Gasteiger partial charge in [0.2, 0.25) is 5.91 Å². The predicted molar refractivity (Wildman–Crippen MR) is 139 cm³/mol. The van der Waals surface area contributed by atoms with E-state index in [0.717, 1.165) is 69.5 Å². The zero-order valence-electron chi connectivity index (χ0n) is 22.8. The fourth-order valence-electron chi connectivity index (χ4n) is 4.90. The number of H-pyrrole nitrogens is 1. The first-order chi connectivity index (χ1) is 16.4. The van der Waals surface area contributed by atoms with Crippen LogP contribution in [0.15, 0.2) is 12.3 Å². The van der Waals surface area contributed by atoms with Crippen LogP contribution in [0.4, 0.5) is 4.79 Å². The third kappa shape index (κ3) is 7.09. The second-order valence-corrected chi connectivity index (χ2v) is 11.8. The molecule has 35 heavy (non-hydrogen) atoms. The maximum Gasteiger partial charge on any atom is 0.410 e. The zero-order chi connectivity index (χ0) is 25.8. The summed E-state index contributed by atoms with van der Waals surface area (Å²) in [6.07, 6.45) is 8.51. The van der Waals surface area contributed by atoms with Crippen molar-refractivity contribution in [1.82, 2.24) is 24.9 Å². The van der Waals surface area contributed by atoms with Gasteiger partial charge in [0.05, 0.1) is 17.3 Å². The SMILES string of the molecule is CC(C)CCN1CCC2(CC=C(c3[nH]ncc3CN(C)CCN(C)C(=O)OC(C)(C)C)CC2)C1=O. The number of aromatic amines is 1. The molecule has 1 fully saturated rings. The van der Waals surface area contributed by atoms with E-state index in [1.165, 1.54) is 5.57 Å². The summed E-state index contributed by atoms with van der Waals surface area (Å²) in [5.41, 5.74) is 2.78. The molecule has 2 heterocycles. The van der Waals surface area contributed by atoms with Gasteiger partial charge in [0.25, 0.3) is 0 Å². The highest BCUT2D eigenvalue weighted by molar-refractivity contribution is 5.86. The molecule has 0 bridgehead atoms. The van der Waals surface area contributed by atoms with Gasteiger partial charge in [-0.2, -0.15) is 5.10 Å². The number of carbonyl (C=O) groups excluding carboxylic acids is 2. The number of aromatic nitrogens is 2. The van der Waals surface area contributed by atoms with Crippen molar-refractivity contribution in [1.29, 1.82) is 0 Å². The first-order valence-corrected chi connectivity index (χ1v) is 13.0. The van der Waals surface area contributed by atoms with E-state index in [-0.39, 0.29) is 11.5 Å². The minimum absolute atomic E-state index is 0.205. The average molecular weight is 488 g/mol. The van der Waals surface area contributed by atoms with Gasteiger partial charge in [-0.3, -0.25) is 9.89 Å². The van der Waals surface area contributed by atoms with Crippen LogP contribution < -0.4 is 0 Å². The van der Waals surface area contributed by atoms with Gasteiger partial charge in [0.1, 0.15) is 5.60 Å². The monoisotopic (exact) mass is 487 g/mol. The molecule has 1 saturated heterocycles. The molecule has 8 heteroatoms. The molecule has 2 amide bonds. The summed E-state index contributed by atoms with van der Waals surface area (Å²) in [6, 6.07) is 0. The first-order valence-electron chi connectivity index (χ1n) is 13.0. The van der Waals surface area contributed by atoms with Crippen LogP contribution in [0, 0.1) is 11.3 Å². The Morgan fingerprint density at radius 1 is 1.26 bits per heavy atom.